The summed E-state index contributed by atoms with van der Waals surface area (Å²) in [5.74, 6) is -0.0506. The van der Waals surface area contributed by atoms with Gasteiger partial charge in [0.05, 0.1) is 11.0 Å². The molecule has 0 spiro atoms. The van der Waals surface area contributed by atoms with Crippen LogP contribution in [0.4, 0.5) is 0 Å². The van der Waals surface area contributed by atoms with E-state index in [1.165, 1.54) is 12.1 Å². The molecule has 2 rings (SSSR count). The Kier molecular flexibility index (Phi) is 4.42. The van der Waals surface area contributed by atoms with Crippen molar-refractivity contribution in [3.05, 3.63) is 29.8 Å². The van der Waals surface area contributed by atoms with Gasteiger partial charge in [-0.2, -0.15) is 0 Å². The first kappa shape index (κ1) is 15.0. The Hall–Kier alpha value is -1.44. The average molecular weight is 298 g/mol. The monoisotopic (exact) mass is 298 g/mol. The second-order valence-corrected chi connectivity index (χ2v) is 6.67. The first-order valence-corrected chi connectivity index (χ1v) is 7.94. The SMILES string of the molecule is CC(O)c1cccc(S(=O)(=O)NCC2CCC(=O)N2)c1. The van der Waals surface area contributed by atoms with E-state index in [1.807, 2.05) is 0 Å². The molecule has 0 aliphatic carbocycles. The summed E-state index contributed by atoms with van der Waals surface area (Å²) in [5.41, 5.74) is 0.544. The van der Waals surface area contributed by atoms with Crippen molar-refractivity contribution in [2.45, 2.75) is 36.8 Å². The van der Waals surface area contributed by atoms with E-state index in [2.05, 4.69) is 10.0 Å². The van der Waals surface area contributed by atoms with Crippen LogP contribution >= 0.6 is 0 Å². The molecule has 0 aromatic heterocycles. The lowest BCUT2D eigenvalue weighted by atomic mass is 10.1. The molecule has 110 valence electrons. The van der Waals surface area contributed by atoms with Gasteiger partial charge < -0.3 is 10.4 Å². The van der Waals surface area contributed by atoms with Gasteiger partial charge >= 0.3 is 0 Å². The van der Waals surface area contributed by atoms with E-state index >= 15 is 0 Å². The highest BCUT2D eigenvalue weighted by Crippen LogP contribution is 2.17. The third kappa shape index (κ3) is 3.56. The summed E-state index contributed by atoms with van der Waals surface area (Å²) in [6.45, 7) is 1.75. The number of benzene rings is 1. The van der Waals surface area contributed by atoms with Gasteiger partial charge in [0.1, 0.15) is 0 Å². The number of carbonyl (C=O) groups excluding carboxylic acids is 1. The molecule has 0 radical (unpaired) electrons. The summed E-state index contributed by atoms with van der Waals surface area (Å²) in [6.07, 6.45) is 0.346. The highest BCUT2D eigenvalue weighted by atomic mass is 32.2. The first-order valence-electron chi connectivity index (χ1n) is 6.45. The van der Waals surface area contributed by atoms with Crippen LogP contribution in [0.2, 0.25) is 0 Å². The Labute approximate surface area is 118 Å². The number of aliphatic hydroxyl groups is 1. The van der Waals surface area contributed by atoms with Crippen LogP contribution in [-0.4, -0.2) is 32.0 Å². The fraction of sp³-hybridized carbons (Fsp3) is 0.462. The van der Waals surface area contributed by atoms with Crippen LogP contribution in [0, 0.1) is 0 Å². The minimum absolute atomic E-state index is 0.0506. The number of hydrogen-bond donors (Lipinski definition) is 3. The number of nitrogens with one attached hydrogen (secondary N) is 2. The zero-order chi connectivity index (χ0) is 14.8. The molecule has 1 aromatic carbocycles. The van der Waals surface area contributed by atoms with Crippen molar-refractivity contribution in [2.24, 2.45) is 0 Å². The summed E-state index contributed by atoms with van der Waals surface area (Å²) in [5, 5.41) is 12.2. The maximum atomic E-state index is 12.1. The molecule has 1 heterocycles. The molecule has 1 amide bonds. The topological polar surface area (TPSA) is 95.5 Å². The molecular formula is C13H18N2O4S. The van der Waals surface area contributed by atoms with E-state index in [4.69, 9.17) is 0 Å². The zero-order valence-electron chi connectivity index (χ0n) is 11.2. The Morgan fingerprint density at radius 3 is 2.85 bits per heavy atom. The van der Waals surface area contributed by atoms with Gasteiger partial charge in [-0.05, 0) is 31.0 Å². The van der Waals surface area contributed by atoms with E-state index in [0.29, 0.717) is 18.4 Å². The van der Waals surface area contributed by atoms with Crippen LogP contribution in [0.1, 0.15) is 31.4 Å². The van der Waals surface area contributed by atoms with Crippen molar-refractivity contribution < 1.29 is 18.3 Å². The number of sulfonamides is 1. The largest absolute Gasteiger partial charge is 0.389 e. The Morgan fingerprint density at radius 1 is 1.50 bits per heavy atom. The predicted octanol–water partition coefficient (Wildman–Crippen LogP) is 0.297. The van der Waals surface area contributed by atoms with Crippen molar-refractivity contribution in [2.75, 3.05) is 6.54 Å². The van der Waals surface area contributed by atoms with Gasteiger partial charge in [0, 0.05) is 19.0 Å². The third-order valence-electron chi connectivity index (χ3n) is 3.26. The number of amides is 1. The lowest BCUT2D eigenvalue weighted by molar-refractivity contribution is -0.119. The molecule has 0 saturated carbocycles. The first-order chi connectivity index (χ1) is 9.38. The molecule has 1 aliphatic heterocycles. The molecule has 6 nitrogen and oxygen atoms in total. The second kappa shape index (κ2) is 5.90. The minimum atomic E-state index is -3.63. The third-order valence-corrected chi connectivity index (χ3v) is 4.68. The van der Waals surface area contributed by atoms with Crippen LogP contribution in [0.25, 0.3) is 0 Å². The standard InChI is InChI=1S/C13H18N2O4S/c1-9(16)10-3-2-4-12(7-10)20(18,19)14-8-11-5-6-13(17)15-11/h2-4,7,9,11,14,16H,5-6,8H2,1H3,(H,15,17). The van der Waals surface area contributed by atoms with Crippen molar-refractivity contribution in [1.82, 2.24) is 10.0 Å². The van der Waals surface area contributed by atoms with Crippen molar-refractivity contribution in [1.29, 1.82) is 0 Å². The average Bonchev–Trinajstić information content (AvgIpc) is 2.82. The van der Waals surface area contributed by atoms with Crippen LogP contribution in [-0.2, 0) is 14.8 Å². The van der Waals surface area contributed by atoms with E-state index in [9.17, 15) is 18.3 Å². The fourth-order valence-corrected chi connectivity index (χ4v) is 3.20. The quantitative estimate of drug-likeness (QED) is 0.728. The zero-order valence-corrected chi connectivity index (χ0v) is 12.0. The van der Waals surface area contributed by atoms with Crippen molar-refractivity contribution in [3.63, 3.8) is 0 Å². The van der Waals surface area contributed by atoms with Gasteiger partial charge in [-0.15, -0.1) is 0 Å². The number of aliphatic hydroxyl groups excluding tert-OH is 1. The molecule has 1 aromatic rings. The Balaban J connectivity index is 2.06. The van der Waals surface area contributed by atoms with Gasteiger partial charge in [0.15, 0.2) is 0 Å². The van der Waals surface area contributed by atoms with Gasteiger partial charge in [-0.25, -0.2) is 13.1 Å². The number of hydrogen-bond acceptors (Lipinski definition) is 4. The maximum absolute atomic E-state index is 12.1. The normalized spacial score (nSPS) is 20.7. The van der Waals surface area contributed by atoms with E-state index in [1.54, 1.807) is 19.1 Å². The molecule has 7 heteroatoms. The molecular weight excluding hydrogens is 280 g/mol. The van der Waals surface area contributed by atoms with E-state index in [0.717, 1.165) is 0 Å². The molecule has 1 aliphatic rings. The van der Waals surface area contributed by atoms with Crippen LogP contribution < -0.4 is 10.0 Å². The number of carbonyl (C=O) groups is 1. The molecule has 3 N–H and O–H groups in total. The van der Waals surface area contributed by atoms with E-state index in [-0.39, 0.29) is 23.4 Å². The van der Waals surface area contributed by atoms with Crippen LogP contribution in [0.5, 0.6) is 0 Å². The van der Waals surface area contributed by atoms with E-state index < -0.39 is 16.1 Å². The van der Waals surface area contributed by atoms with Gasteiger partial charge in [0.25, 0.3) is 0 Å². The van der Waals surface area contributed by atoms with Gasteiger partial charge in [-0.1, -0.05) is 12.1 Å². The predicted molar refractivity (Wildman–Crippen MR) is 73.4 cm³/mol. The summed E-state index contributed by atoms with van der Waals surface area (Å²) >= 11 is 0. The number of rotatable bonds is 5. The molecule has 1 saturated heterocycles. The Bertz CT molecular complexity index is 598. The lowest BCUT2D eigenvalue weighted by Crippen LogP contribution is -2.38. The maximum Gasteiger partial charge on any atom is 0.240 e. The molecule has 1 fully saturated rings. The molecule has 2 atom stereocenters. The van der Waals surface area contributed by atoms with Crippen LogP contribution in [0.15, 0.2) is 29.2 Å². The molecule has 2 unspecified atom stereocenters. The summed E-state index contributed by atoms with van der Waals surface area (Å²) < 4.78 is 26.8. The highest BCUT2D eigenvalue weighted by molar-refractivity contribution is 7.89. The Morgan fingerprint density at radius 2 is 2.25 bits per heavy atom. The summed E-state index contributed by atoms with van der Waals surface area (Å²) in [4.78, 5) is 11.2. The summed E-state index contributed by atoms with van der Waals surface area (Å²) in [7, 11) is -3.63. The lowest BCUT2D eigenvalue weighted by Gasteiger charge is -2.13. The highest BCUT2D eigenvalue weighted by Gasteiger charge is 2.23. The fourth-order valence-electron chi connectivity index (χ4n) is 2.07. The van der Waals surface area contributed by atoms with Crippen LogP contribution in [0.3, 0.4) is 0 Å². The second-order valence-electron chi connectivity index (χ2n) is 4.90. The molecule has 0 bridgehead atoms. The minimum Gasteiger partial charge on any atom is -0.389 e. The van der Waals surface area contributed by atoms with Gasteiger partial charge in [0.2, 0.25) is 15.9 Å². The van der Waals surface area contributed by atoms with Crippen molar-refractivity contribution >= 4 is 15.9 Å². The van der Waals surface area contributed by atoms with Crippen molar-refractivity contribution in [3.8, 4) is 0 Å². The summed E-state index contributed by atoms with van der Waals surface area (Å²) in [6, 6.07) is 6.02. The molecule has 20 heavy (non-hydrogen) atoms. The van der Waals surface area contributed by atoms with Gasteiger partial charge in [-0.3, -0.25) is 4.79 Å². The smallest absolute Gasteiger partial charge is 0.240 e.